The van der Waals surface area contributed by atoms with Gasteiger partial charge in [0.05, 0.1) is 11.1 Å². The molecule has 3 nitrogen and oxygen atoms in total. The van der Waals surface area contributed by atoms with Crippen LogP contribution in [0.3, 0.4) is 0 Å². The van der Waals surface area contributed by atoms with Crippen LogP contribution in [0.2, 0.25) is 0 Å². The van der Waals surface area contributed by atoms with Crippen LogP contribution >= 0.6 is 11.5 Å². The first-order chi connectivity index (χ1) is 7.59. The molecular weight excluding hydrogens is 220 g/mol. The Morgan fingerprint density at radius 2 is 1.81 bits per heavy atom. The number of aliphatic hydroxyl groups is 1. The molecule has 0 spiro atoms. The number of aliphatic hydroxyl groups excluding tert-OH is 1. The van der Waals surface area contributed by atoms with Gasteiger partial charge in [0, 0.05) is 0 Å². The lowest BCUT2D eigenvalue weighted by molar-refractivity contribution is 0.223. The summed E-state index contributed by atoms with van der Waals surface area (Å²) in [6.07, 6.45) is 1.00. The Kier molecular flexibility index (Phi) is 3.03. The molecule has 0 aliphatic heterocycles. The molecule has 84 valence electrons. The van der Waals surface area contributed by atoms with Crippen LogP contribution in [0, 0.1) is 20.8 Å². The number of benzene rings is 1. The van der Waals surface area contributed by atoms with E-state index in [1.807, 2.05) is 13.0 Å². The van der Waals surface area contributed by atoms with E-state index in [0.717, 1.165) is 16.0 Å². The fourth-order valence-electron chi connectivity index (χ4n) is 1.73. The summed E-state index contributed by atoms with van der Waals surface area (Å²) in [6, 6.07) is 4.14. The van der Waals surface area contributed by atoms with Gasteiger partial charge in [-0.2, -0.15) is 0 Å². The van der Waals surface area contributed by atoms with Crippen LogP contribution < -0.4 is 0 Å². The van der Waals surface area contributed by atoms with Gasteiger partial charge >= 0.3 is 0 Å². The lowest BCUT2D eigenvalue weighted by Gasteiger charge is -2.13. The first kappa shape index (κ1) is 11.2. The minimum atomic E-state index is -0.612. The maximum absolute atomic E-state index is 10.2. The van der Waals surface area contributed by atoms with Crippen molar-refractivity contribution in [1.29, 1.82) is 0 Å². The molecule has 0 bridgehead atoms. The molecule has 2 aromatic rings. The quantitative estimate of drug-likeness (QED) is 0.868. The van der Waals surface area contributed by atoms with Gasteiger partial charge in [-0.15, -0.1) is 5.10 Å². The Hall–Kier alpha value is -1.26. The molecule has 16 heavy (non-hydrogen) atoms. The highest BCUT2D eigenvalue weighted by Gasteiger charge is 2.15. The molecule has 0 radical (unpaired) electrons. The van der Waals surface area contributed by atoms with Crippen molar-refractivity contribution in [2.75, 3.05) is 0 Å². The second-order valence-corrected chi connectivity index (χ2v) is 4.83. The molecule has 1 aromatic carbocycles. The second kappa shape index (κ2) is 4.31. The standard InChI is InChI=1S/C12H14N2OS/c1-7-4-9(3)10(5-8(7)2)12(15)11-6-13-14-16-11/h4-6,12,15H,1-3H3. The number of nitrogens with zero attached hydrogens (tertiary/aromatic N) is 2. The van der Waals surface area contributed by atoms with E-state index in [-0.39, 0.29) is 0 Å². The van der Waals surface area contributed by atoms with E-state index in [9.17, 15) is 5.11 Å². The van der Waals surface area contributed by atoms with Crippen molar-refractivity contribution in [2.24, 2.45) is 0 Å². The van der Waals surface area contributed by atoms with Crippen LogP contribution in [0.15, 0.2) is 18.3 Å². The third-order valence-electron chi connectivity index (χ3n) is 2.82. The minimum Gasteiger partial charge on any atom is -0.383 e. The molecule has 1 heterocycles. The highest BCUT2D eigenvalue weighted by Crippen LogP contribution is 2.28. The summed E-state index contributed by atoms with van der Waals surface area (Å²) in [6.45, 7) is 6.14. The molecule has 0 saturated carbocycles. The van der Waals surface area contributed by atoms with Crippen molar-refractivity contribution in [1.82, 2.24) is 9.59 Å². The third-order valence-corrected chi connectivity index (χ3v) is 3.54. The van der Waals surface area contributed by atoms with Crippen molar-refractivity contribution in [3.63, 3.8) is 0 Å². The fraction of sp³-hybridized carbons (Fsp3) is 0.333. The average molecular weight is 234 g/mol. The molecule has 1 unspecified atom stereocenters. The predicted molar refractivity (Wildman–Crippen MR) is 64.6 cm³/mol. The van der Waals surface area contributed by atoms with Crippen molar-refractivity contribution >= 4 is 11.5 Å². The van der Waals surface area contributed by atoms with Crippen LogP contribution in [0.1, 0.15) is 33.2 Å². The molecule has 1 N–H and O–H groups in total. The van der Waals surface area contributed by atoms with Crippen molar-refractivity contribution < 1.29 is 5.11 Å². The summed E-state index contributed by atoms with van der Waals surface area (Å²) in [5, 5.41) is 14.0. The molecule has 1 atom stereocenters. The summed E-state index contributed by atoms with van der Waals surface area (Å²) >= 11 is 1.23. The van der Waals surface area contributed by atoms with Crippen LogP contribution in [-0.4, -0.2) is 14.7 Å². The summed E-state index contributed by atoms with van der Waals surface area (Å²) in [4.78, 5) is 0.784. The fourth-order valence-corrected chi connectivity index (χ4v) is 2.24. The van der Waals surface area contributed by atoms with Crippen molar-refractivity contribution in [2.45, 2.75) is 26.9 Å². The molecule has 0 saturated heterocycles. The summed E-state index contributed by atoms with van der Waals surface area (Å²) < 4.78 is 3.77. The van der Waals surface area contributed by atoms with E-state index in [4.69, 9.17) is 0 Å². The van der Waals surface area contributed by atoms with Crippen LogP contribution in [0.5, 0.6) is 0 Å². The topological polar surface area (TPSA) is 46.0 Å². The van der Waals surface area contributed by atoms with Gasteiger partial charge in [-0.1, -0.05) is 16.6 Å². The van der Waals surface area contributed by atoms with E-state index in [1.165, 1.54) is 22.7 Å². The predicted octanol–water partition coefficient (Wildman–Crippen LogP) is 2.55. The molecule has 0 fully saturated rings. The Labute approximate surface area is 98.9 Å². The lowest BCUT2D eigenvalue weighted by Crippen LogP contribution is -2.01. The van der Waals surface area contributed by atoms with E-state index in [2.05, 4.69) is 29.5 Å². The minimum absolute atomic E-state index is 0.612. The summed E-state index contributed by atoms with van der Waals surface area (Å²) in [5.74, 6) is 0. The van der Waals surface area contributed by atoms with E-state index in [1.54, 1.807) is 6.20 Å². The molecule has 0 aliphatic carbocycles. The molecule has 2 rings (SSSR count). The Morgan fingerprint density at radius 1 is 1.12 bits per heavy atom. The van der Waals surface area contributed by atoms with E-state index in [0.29, 0.717) is 0 Å². The number of hydrogen-bond donors (Lipinski definition) is 1. The van der Waals surface area contributed by atoms with Crippen LogP contribution in [-0.2, 0) is 0 Å². The number of aryl methyl sites for hydroxylation is 3. The number of hydrogen-bond acceptors (Lipinski definition) is 4. The van der Waals surface area contributed by atoms with Gasteiger partial charge in [0.25, 0.3) is 0 Å². The third kappa shape index (κ3) is 1.99. The SMILES string of the molecule is Cc1cc(C)c(C(O)c2cnns2)cc1C. The van der Waals surface area contributed by atoms with Crippen LogP contribution in [0.4, 0.5) is 0 Å². The van der Waals surface area contributed by atoms with Gasteiger partial charge in [-0.3, -0.25) is 0 Å². The van der Waals surface area contributed by atoms with Gasteiger partial charge in [0.1, 0.15) is 6.10 Å². The lowest BCUT2D eigenvalue weighted by atomic mass is 9.97. The first-order valence-electron chi connectivity index (χ1n) is 5.12. The van der Waals surface area contributed by atoms with Crippen molar-refractivity contribution in [3.8, 4) is 0 Å². The molecule has 1 aromatic heterocycles. The average Bonchev–Trinajstić information content (AvgIpc) is 2.75. The number of aromatic nitrogens is 2. The molecule has 0 aliphatic rings. The Morgan fingerprint density at radius 3 is 2.44 bits per heavy atom. The van der Waals surface area contributed by atoms with Crippen LogP contribution in [0.25, 0.3) is 0 Å². The Bertz CT molecular complexity index is 494. The molecule has 0 amide bonds. The number of rotatable bonds is 2. The van der Waals surface area contributed by atoms with Gasteiger partial charge in [0.2, 0.25) is 0 Å². The summed E-state index contributed by atoms with van der Waals surface area (Å²) in [5.41, 5.74) is 4.48. The normalized spacial score (nSPS) is 12.8. The first-order valence-corrected chi connectivity index (χ1v) is 5.90. The maximum Gasteiger partial charge on any atom is 0.117 e. The second-order valence-electron chi connectivity index (χ2n) is 4.02. The smallest absolute Gasteiger partial charge is 0.117 e. The largest absolute Gasteiger partial charge is 0.383 e. The zero-order chi connectivity index (χ0) is 11.7. The Balaban J connectivity index is 2.44. The summed E-state index contributed by atoms with van der Waals surface area (Å²) in [7, 11) is 0. The zero-order valence-corrected chi connectivity index (χ0v) is 10.4. The van der Waals surface area contributed by atoms with Gasteiger partial charge in [0.15, 0.2) is 0 Å². The van der Waals surface area contributed by atoms with E-state index >= 15 is 0 Å². The monoisotopic (exact) mass is 234 g/mol. The van der Waals surface area contributed by atoms with Gasteiger partial charge < -0.3 is 5.11 Å². The van der Waals surface area contributed by atoms with Crippen molar-refractivity contribution in [3.05, 3.63) is 45.5 Å². The van der Waals surface area contributed by atoms with E-state index < -0.39 is 6.10 Å². The molecule has 4 heteroatoms. The molecular formula is C12H14N2OS. The van der Waals surface area contributed by atoms with Gasteiger partial charge in [-0.25, -0.2) is 0 Å². The maximum atomic E-state index is 10.2. The van der Waals surface area contributed by atoms with Gasteiger partial charge in [-0.05, 0) is 54.6 Å². The highest BCUT2D eigenvalue weighted by atomic mass is 32.1. The highest BCUT2D eigenvalue weighted by molar-refractivity contribution is 7.05. The zero-order valence-electron chi connectivity index (χ0n) is 9.56.